The first-order chi connectivity index (χ1) is 9.42. The van der Waals surface area contributed by atoms with Crippen LogP contribution in [0, 0.1) is 0 Å². The van der Waals surface area contributed by atoms with E-state index < -0.39 is 11.9 Å². The predicted octanol–water partition coefficient (Wildman–Crippen LogP) is 3.00. The Labute approximate surface area is 127 Å². The van der Waals surface area contributed by atoms with Crippen LogP contribution in [-0.4, -0.2) is 24.6 Å². The van der Waals surface area contributed by atoms with Gasteiger partial charge in [-0.1, -0.05) is 30.1 Å². The normalized spacial score (nSPS) is 11.6. The Morgan fingerprint density at radius 1 is 1.30 bits per heavy atom. The highest BCUT2D eigenvalue weighted by Gasteiger charge is 2.10. The van der Waals surface area contributed by atoms with Gasteiger partial charge >= 0.3 is 6.03 Å². The van der Waals surface area contributed by atoms with E-state index in [4.69, 9.17) is 27.9 Å². The second-order valence-electron chi connectivity index (χ2n) is 4.20. The minimum Gasteiger partial charge on any atom is -0.484 e. The molecule has 1 rings (SSSR count). The van der Waals surface area contributed by atoms with Crippen molar-refractivity contribution in [3.05, 3.63) is 28.2 Å². The molecule has 0 unspecified atom stereocenters. The third kappa shape index (κ3) is 5.67. The molecule has 110 valence electrons. The van der Waals surface area contributed by atoms with Crippen LogP contribution in [0.2, 0.25) is 10.0 Å². The molecular formula is C13H16Cl2N2O3. The van der Waals surface area contributed by atoms with Gasteiger partial charge in [-0.25, -0.2) is 4.79 Å². The van der Waals surface area contributed by atoms with Crippen LogP contribution < -0.4 is 15.4 Å². The number of hydrogen-bond donors (Lipinski definition) is 2. The Bertz CT molecular complexity index is 495. The molecule has 0 saturated heterocycles. The van der Waals surface area contributed by atoms with Crippen molar-refractivity contribution in [2.45, 2.75) is 26.3 Å². The highest BCUT2D eigenvalue weighted by molar-refractivity contribution is 6.42. The van der Waals surface area contributed by atoms with E-state index in [0.717, 1.165) is 6.42 Å². The molecular weight excluding hydrogens is 303 g/mol. The van der Waals surface area contributed by atoms with Gasteiger partial charge in [-0.05, 0) is 25.5 Å². The number of hydrogen-bond acceptors (Lipinski definition) is 3. The van der Waals surface area contributed by atoms with Crippen molar-refractivity contribution in [2.75, 3.05) is 6.61 Å². The molecule has 2 N–H and O–H groups in total. The minimum absolute atomic E-state index is 0.00112. The molecule has 0 bridgehead atoms. The van der Waals surface area contributed by atoms with Crippen molar-refractivity contribution in [3.8, 4) is 5.75 Å². The van der Waals surface area contributed by atoms with Crippen LogP contribution in [0.1, 0.15) is 20.3 Å². The van der Waals surface area contributed by atoms with E-state index in [1.165, 1.54) is 6.07 Å². The van der Waals surface area contributed by atoms with Gasteiger partial charge in [0.05, 0.1) is 10.0 Å². The summed E-state index contributed by atoms with van der Waals surface area (Å²) in [6.45, 7) is 3.49. The van der Waals surface area contributed by atoms with Crippen LogP contribution in [0.4, 0.5) is 4.79 Å². The van der Waals surface area contributed by atoms with Crippen LogP contribution in [0.25, 0.3) is 0 Å². The second kappa shape index (κ2) is 7.97. The van der Waals surface area contributed by atoms with E-state index in [9.17, 15) is 9.59 Å². The van der Waals surface area contributed by atoms with Gasteiger partial charge in [-0.3, -0.25) is 10.1 Å². The summed E-state index contributed by atoms with van der Waals surface area (Å²) < 4.78 is 5.20. The predicted molar refractivity (Wildman–Crippen MR) is 78.4 cm³/mol. The molecule has 0 radical (unpaired) electrons. The molecule has 1 atom stereocenters. The number of nitrogens with one attached hydrogen (secondary N) is 2. The maximum absolute atomic E-state index is 11.5. The lowest BCUT2D eigenvalue weighted by atomic mass is 10.3. The van der Waals surface area contributed by atoms with Crippen molar-refractivity contribution >= 4 is 35.1 Å². The van der Waals surface area contributed by atoms with Gasteiger partial charge in [0.2, 0.25) is 0 Å². The molecule has 0 heterocycles. The third-order valence-electron chi connectivity index (χ3n) is 2.50. The molecule has 1 aromatic carbocycles. The van der Waals surface area contributed by atoms with Crippen LogP contribution in [0.5, 0.6) is 5.75 Å². The lowest BCUT2D eigenvalue weighted by molar-refractivity contribution is -0.122. The second-order valence-corrected chi connectivity index (χ2v) is 5.01. The van der Waals surface area contributed by atoms with Gasteiger partial charge in [0.25, 0.3) is 5.91 Å². The summed E-state index contributed by atoms with van der Waals surface area (Å²) in [5, 5.41) is 5.51. The molecule has 0 aliphatic carbocycles. The van der Waals surface area contributed by atoms with Crippen molar-refractivity contribution in [1.29, 1.82) is 0 Å². The third-order valence-corrected chi connectivity index (χ3v) is 3.24. The Morgan fingerprint density at radius 3 is 2.60 bits per heavy atom. The number of benzene rings is 1. The van der Waals surface area contributed by atoms with Crippen LogP contribution in [-0.2, 0) is 4.79 Å². The Morgan fingerprint density at radius 2 is 2.00 bits per heavy atom. The zero-order chi connectivity index (χ0) is 15.1. The minimum atomic E-state index is -0.545. The van der Waals surface area contributed by atoms with Gasteiger partial charge in [-0.15, -0.1) is 0 Å². The molecule has 5 nitrogen and oxygen atoms in total. The maximum atomic E-state index is 11.5. The molecule has 0 aliphatic rings. The summed E-state index contributed by atoms with van der Waals surface area (Å²) >= 11 is 11.6. The maximum Gasteiger partial charge on any atom is 0.321 e. The number of imide groups is 1. The zero-order valence-corrected chi connectivity index (χ0v) is 12.7. The van der Waals surface area contributed by atoms with Crippen molar-refractivity contribution in [3.63, 3.8) is 0 Å². The van der Waals surface area contributed by atoms with Gasteiger partial charge in [0.1, 0.15) is 5.75 Å². The molecule has 3 amide bonds. The average Bonchev–Trinajstić information content (AvgIpc) is 2.39. The SMILES string of the molecule is CC[C@H](C)NC(=O)NC(=O)COc1ccc(Cl)c(Cl)c1. The molecule has 20 heavy (non-hydrogen) atoms. The average molecular weight is 319 g/mol. The Balaban J connectivity index is 2.39. The van der Waals surface area contributed by atoms with Crippen molar-refractivity contribution in [2.24, 2.45) is 0 Å². The van der Waals surface area contributed by atoms with Crippen LogP contribution >= 0.6 is 23.2 Å². The van der Waals surface area contributed by atoms with Crippen LogP contribution in [0.15, 0.2) is 18.2 Å². The quantitative estimate of drug-likeness (QED) is 0.877. The highest BCUT2D eigenvalue weighted by atomic mass is 35.5. The first-order valence-electron chi connectivity index (χ1n) is 6.10. The van der Waals surface area contributed by atoms with E-state index in [1.54, 1.807) is 12.1 Å². The summed E-state index contributed by atoms with van der Waals surface area (Å²) in [6.07, 6.45) is 0.779. The Kier molecular flexibility index (Phi) is 6.61. The smallest absolute Gasteiger partial charge is 0.321 e. The summed E-state index contributed by atoms with van der Waals surface area (Å²) in [5.41, 5.74) is 0. The number of halogens is 2. The summed E-state index contributed by atoms with van der Waals surface area (Å²) in [6, 6.07) is 4.10. The number of amides is 3. The standard InChI is InChI=1S/C13H16Cl2N2O3/c1-3-8(2)16-13(19)17-12(18)7-20-9-4-5-10(14)11(15)6-9/h4-6,8H,3,7H2,1-2H3,(H2,16,17,18,19)/t8-/m0/s1. The number of ether oxygens (including phenoxy) is 1. The van der Waals surface area contributed by atoms with Gasteiger partial charge in [-0.2, -0.15) is 0 Å². The van der Waals surface area contributed by atoms with Crippen molar-refractivity contribution in [1.82, 2.24) is 10.6 Å². The zero-order valence-electron chi connectivity index (χ0n) is 11.2. The van der Waals surface area contributed by atoms with E-state index >= 15 is 0 Å². The molecule has 0 aliphatic heterocycles. The number of rotatable bonds is 5. The van der Waals surface area contributed by atoms with E-state index in [2.05, 4.69) is 10.6 Å². The molecule has 0 aromatic heterocycles. The molecule has 7 heteroatoms. The summed E-state index contributed by atoms with van der Waals surface area (Å²) in [4.78, 5) is 22.9. The largest absolute Gasteiger partial charge is 0.484 e. The van der Waals surface area contributed by atoms with Crippen molar-refractivity contribution < 1.29 is 14.3 Å². The Hall–Kier alpha value is -1.46. The fourth-order valence-corrected chi connectivity index (χ4v) is 1.53. The van der Waals surface area contributed by atoms with Gasteiger partial charge in [0.15, 0.2) is 6.61 Å². The fraction of sp³-hybridized carbons (Fsp3) is 0.385. The topological polar surface area (TPSA) is 67.4 Å². The highest BCUT2D eigenvalue weighted by Crippen LogP contribution is 2.26. The van der Waals surface area contributed by atoms with Gasteiger partial charge < -0.3 is 10.1 Å². The molecule has 0 fully saturated rings. The number of urea groups is 1. The van der Waals surface area contributed by atoms with Gasteiger partial charge in [0, 0.05) is 12.1 Å². The monoisotopic (exact) mass is 318 g/mol. The molecule has 0 spiro atoms. The fourth-order valence-electron chi connectivity index (χ4n) is 1.24. The number of carbonyl (C=O) groups excluding carboxylic acids is 2. The lowest BCUT2D eigenvalue weighted by Crippen LogP contribution is -2.44. The van der Waals surface area contributed by atoms with Crippen LogP contribution in [0.3, 0.4) is 0 Å². The lowest BCUT2D eigenvalue weighted by Gasteiger charge is -2.12. The molecule has 0 saturated carbocycles. The van der Waals surface area contributed by atoms with E-state index in [0.29, 0.717) is 15.8 Å². The summed E-state index contributed by atoms with van der Waals surface area (Å²) in [7, 11) is 0. The molecule has 1 aromatic rings. The summed E-state index contributed by atoms with van der Waals surface area (Å²) in [5.74, 6) is -0.145. The first-order valence-corrected chi connectivity index (χ1v) is 6.86. The van der Waals surface area contributed by atoms with E-state index in [-0.39, 0.29) is 12.6 Å². The van der Waals surface area contributed by atoms with E-state index in [1.807, 2.05) is 13.8 Å². The number of carbonyl (C=O) groups is 2. The first kappa shape index (κ1) is 16.6.